The maximum Gasteiger partial charge on any atom is 0.434 e. The molecule has 0 atom stereocenters. The number of nitrogens with zero attached hydrogens (tertiary/aromatic N) is 3. The Bertz CT molecular complexity index is 1380. The summed E-state index contributed by atoms with van der Waals surface area (Å²) < 4.78 is 86.1. The first-order valence-electron chi connectivity index (χ1n) is 10.2. The molecular formula is C23H16F6N4O2S. The van der Waals surface area contributed by atoms with Gasteiger partial charge < -0.3 is 10.1 Å². The molecule has 2 aromatic carbocycles. The minimum absolute atomic E-state index is 0.0724. The standard InChI is InChI=1S/C23H16F6N4O2S/c1-35-16-7-5-14(6-8-16)18-12-36-21(32-18)33-19(23(27,28)29)17(11-31-33)20(34)30-10-13-3-2-4-15(9-13)22(24,25)26/h2-9,11-12H,10H2,1H3,(H,30,34). The molecule has 0 saturated heterocycles. The van der Waals surface area contributed by atoms with Crippen LogP contribution < -0.4 is 10.1 Å². The van der Waals surface area contributed by atoms with Crippen LogP contribution in [0.25, 0.3) is 16.4 Å². The number of hydrogen-bond donors (Lipinski definition) is 1. The van der Waals surface area contributed by atoms with Crippen molar-refractivity contribution >= 4 is 17.2 Å². The van der Waals surface area contributed by atoms with Crippen LogP contribution in [0.4, 0.5) is 26.3 Å². The van der Waals surface area contributed by atoms with Crippen molar-refractivity contribution in [2.24, 2.45) is 0 Å². The molecule has 0 unspecified atom stereocenters. The van der Waals surface area contributed by atoms with E-state index in [2.05, 4.69) is 15.4 Å². The van der Waals surface area contributed by atoms with Crippen molar-refractivity contribution in [2.45, 2.75) is 18.9 Å². The summed E-state index contributed by atoms with van der Waals surface area (Å²) in [6, 6.07) is 10.9. The second-order valence-electron chi connectivity index (χ2n) is 7.44. The molecule has 0 bridgehead atoms. The molecule has 0 aliphatic heterocycles. The minimum Gasteiger partial charge on any atom is -0.497 e. The Labute approximate surface area is 204 Å². The van der Waals surface area contributed by atoms with Gasteiger partial charge in [-0.25, -0.2) is 9.67 Å². The van der Waals surface area contributed by atoms with E-state index in [9.17, 15) is 31.1 Å². The van der Waals surface area contributed by atoms with E-state index in [1.165, 1.54) is 13.2 Å². The first-order valence-corrected chi connectivity index (χ1v) is 11.0. The van der Waals surface area contributed by atoms with Gasteiger partial charge in [0.05, 0.1) is 30.1 Å². The van der Waals surface area contributed by atoms with Crippen molar-refractivity contribution in [1.29, 1.82) is 0 Å². The summed E-state index contributed by atoms with van der Waals surface area (Å²) in [5.74, 6) is -0.542. The SMILES string of the molecule is COc1ccc(-c2csc(-n3ncc(C(=O)NCc4cccc(C(F)(F)F)c4)c3C(F)(F)F)n2)cc1. The summed E-state index contributed by atoms with van der Waals surface area (Å²) in [4.78, 5) is 16.8. The molecule has 0 radical (unpaired) electrons. The van der Waals surface area contributed by atoms with Crippen LogP contribution in [0.15, 0.2) is 60.1 Å². The first kappa shape index (κ1) is 25.2. The first-order chi connectivity index (χ1) is 17.0. The summed E-state index contributed by atoms with van der Waals surface area (Å²) in [5, 5.41) is 7.38. The largest absolute Gasteiger partial charge is 0.497 e. The van der Waals surface area contributed by atoms with Gasteiger partial charge in [-0.2, -0.15) is 31.4 Å². The van der Waals surface area contributed by atoms with Crippen LogP contribution in [0.1, 0.15) is 27.2 Å². The Hall–Kier alpha value is -3.87. The molecule has 6 nitrogen and oxygen atoms in total. The molecule has 2 aromatic heterocycles. The summed E-state index contributed by atoms with van der Waals surface area (Å²) in [6.45, 7) is -0.413. The van der Waals surface area contributed by atoms with Crippen LogP contribution in [0.3, 0.4) is 0 Å². The number of benzene rings is 2. The molecule has 4 rings (SSSR count). The van der Waals surface area contributed by atoms with Crippen molar-refractivity contribution < 1.29 is 35.9 Å². The van der Waals surface area contributed by atoms with Crippen molar-refractivity contribution in [3.05, 3.63) is 82.5 Å². The van der Waals surface area contributed by atoms with E-state index >= 15 is 0 Å². The number of aromatic nitrogens is 3. The van der Waals surface area contributed by atoms with Crippen LogP contribution in [-0.4, -0.2) is 27.8 Å². The van der Waals surface area contributed by atoms with E-state index in [1.54, 1.807) is 29.6 Å². The predicted molar refractivity (Wildman–Crippen MR) is 119 cm³/mol. The Morgan fingerprint density at radius 1 is 1.06 bits per heavy atom. The Morgan fingerprint density at radius 2 is 1.78 bits per heavy atom. The number of carbonyl (C=O) groups is 1. The third-order valence-electron chi connectivity index (χ3n) is 5.05. The number of amides is 1. The summed E-state index contributed by atoms with van der Waals surface area (Å²) >= 11 is 0.897. The van der Waals surface area contributed by atoms with E-state index in [0.29, 0.717) is 21.7 Å². The molecule has 13 heteroatoms. The van der Waals surface area contributed by atoms with E-state index in [0.717, 1.165) is 35.7 Å². The van der Waals surface area contributed by atoms with Gasteiger partial charge >= 0.3 is 12.4 Å². The van der Waals surface area contributed by atoms with Gasteiger partial charge in [-0.05, 0) is 42.0 Å². The highest BCUT2D eigenvalue weighted by Crippen LogP contribution is 2.35. The fourth-order valence-corrected chi connectivity index (χ4v) is 4.12. The second kappa shape index (κ2) is 9.64. The zero-order chi connectivity index (χ0) is 26.1. The number of rotatable bonds is 6. The molecule has 1 amide bonds. The predicted octanol–water partition coefficient (Wildman–Crippen LogP) is 5.97. The van der Waals surface area contributed by atoms with Gasteiger partial charge in [0.25, 0.3) is 5.91 Å². The summed E-state index contributed by atoms with van der Waals surface area (Å²) in [5.41, 5.74) is -1.96. The molecule has 0 aliphatic carbocycles. The lowest BCUT2D eigenvalue weighted by Gasteiger charge is -2.12. The normalized spacial score (nSPS) is 12.0. The Balaban J connectivity index is 1.59. The zero-order valence-electron chi connectivity index (χ0n) is 18.3. The maximum absolute atomic E-state index is 13.9. The van der Waals surface area contributed by atoms with Gasteiger partial charge in [-0.1, -0.05) is 12.1 Å². The van der Waals surface area contributed by atoms with E-state index in [4.69, 9.17) is 4.74 Å². The smallest absolute Gasteiger partial charge is 0.434 e. The number of thiazole rings is 1. The van der Waals surface area contributed by atoms with E-state index in [-0.39, 0.29) is 10.7 Å². The van der Waals surface area contributed by atoms with Gasteiger partial charge in [0.1, 0.15) is 5.75 Å². The van der Waals surface area contributed by atoms with Crippen LogP contribution in [0.2, 0.25) is 0 Å². The van der Waals surface area contributed by atoms with Gasteiger partial charge in [-0.15, -0.1) is 11.3 Å². The van der Waals surface area contributed by atoms with E-state index < -0.39 is 41.6 Å². The number of halogens is 6. The quantitative estimate of drug-likeness (QED) is 0.314. The summed E-state index contributed by atoms with van der Waals surface area (Å²) in [6.07, 6.45) is -8.81. The Morgan fingerprint density at radius 3 is 2.42 bits per heavy atom. The maximum atomic E-state index is 13.9. The molecule has 36 heavy (non-hydrogen) atoms. The van der Waals surface area contributed by atoms with Crippen molar-refractivity contribution in [2.75, 3.05) is 7.11 Å². The molecular weight excluding hydrogens is 510 g/mol. The molecule has 1 N–H and O–H groups in total. The van der Waals surface area contributed by atoms with Crippen LogP contribution >= 0.6 is 11.3 Å². The number of hydrogen-bond acceptors (Lipinski definition) is 5. The number of alkyl halides is 6. The monoisotopic (exact) mass is 526 g/mol. The van der Waals surface area contributed by atoms with Gasteiger partial charge in [0.2, 0.25) is 5.13 Å². The number of methoxy groups -OCH3 is 1. The van der Waals surface area contributed by atoms with Crippen molar-refractivity contribution in [3.63, 3.8) is 0 Å². The van der Waals surface area contributed by atoms with Crippen molar-refractivity contribution in [3.8, 4) is 22.1 Å². The average Bonchev–Trinajstić information content (AvgIpc) is 3.50. The van der Waals surface area contributed by atoms with Gasteiger partial charge in [0.15, 0.2) is 5.69 Å². The van der Waals surface area contributed by atoms with Crippen LogP contribution in [0.5, 0.6) is 5.75 Å². The minimum atomic E-state index is -4.97. The second-order valence-corrected chi connectivity index (χ2v) is 8.28. The molecule has 0 saturated carbocycles. The highest BCUT2D eigenvalue weighted by molar-refractivity contribution is 7.12. The molecule has 0 fully saturated rings. The zero-order valence-corrected chi connectivity index (χ0v) is 19.1. The molecule has 0 spiro atoms. The average molecular weight is 526 g/mol. The summed E-state index contributed by atoms with van der Waals surface area (Å²) in [7, 11) is 1.50. The number of ether oxygens (including phenoxy) is 1. The number of carbonyl (C=O) groups excluding carboxylic acids is 1. The van der Waals surface area contributed by atoms with Crippen LogP contribution in [0, 0.1) is 0 Å². The fraction of sp³-hybridized carbons (Fsp3) is 0.174. The third-order valence-corrected chi connectivity index (χ3v) is 5.86. The highest BCUT2D eigenvalue weighted by Gasteiger charge is 2.41. The molecule has 2 heterocycles. The Kier molecular flexibility index (Phi) is 6.76. The molecule has 188 valence electrons. The molecule has 0 aliphatic rings. The van der Waals surface area contributed by atoms with Crippen molar-refractivity contribution in [1.82, 2.24) is 20.1 Å². The fourth-order valence-electron chi connectivity index (χ4n) is 3.32. The third kappa shape index (κ3) is 5.35. The lowest BCUT2D eigenvalue weighted by molar-refractivity contribution is -0.143. The van der Waals surface area contributed by atoms with Gasteiger partial charge in [0, 0.05) is 17.5 Å². The lowest BCUT2D eigenvalue weighted by atomic mass is 10.1. The van der Waals surface area contributed by atoms with Gasteiger partial charge in [-0.3, -0.25) is 4.79 Å². The lowest BCUT2D eigenvalue weighted by Crippen LogP contribution is -2.26. The van der Waals surface area contributed by atoms with E-state index in [1.807, 2.05) is 0 Å². The molecule has 4 aromatic rings. The number of nitrogens with one attached hydrogen (secondary N) is 1. The topological polar surface area (TPSA) is 69.0 Å². The highest BCUT2D eigenvalue weighted by atomic mass is 32.1. The van der Waals surface area contributed by atoms with Crippen LogP contribution in [-0.2, 0) is 18.9 Å².